The summed E-state index contributed by atoms with van der Waals surface area (Å²) in [6, 6.07) is 23.7. The van der Waals surface area contributed by atoms with E-state index in [9.17, 15) is 4.79 Å². The van der Waals surface area contributed by atoms with Crippen LogP contribution in [0.25, 0.3) is 21.5 Å². The first-order valence-electron chi connectivity index (χ1n) is 11.2. The number of methoxy groups -OCH3 is 1. The van der Waals surface area contributed by atoms with Gasteiger partial charge in [0.25, 0.3) is 0 Å². The minimum atomic E-state index is -0.0772. The number of hydrogen-bond donors (Lipinski definition) is 0. The Kier molecular flexibility index (Phi) is 5.78. The zero-order valence-corrected chi connectivity index (χ0v) is 18.3. The van der Waals surface area contributed by atoms with E-state index < -0.39 is 0 Å². The fourth-order valence-electron chi connectivity index (χ4n) is 4.68. The molecule has 4 nitrogen and oxygen atoms in total. The van der Waals surface area contributed by atoms with Gasteiger partial charge >= 0.3 is 0 Å². The number of ketones is 1. The first-order valence-corrected chi connectivity index (χ1v) is 11.2. The molecule has 0 unspecified atom stereocenters. The number of carbonyl (C=O) groups excluding carboxylic acids is 1. The maximum absolute atomic E-state index is 14.1. The van der Waals surface area contributed by atoms with Crippen LogP contribution in [0.15, 0.2) is 72.8 Å². The molecule has 32 heavy (non-hydrogen) atoms. The minimum Gasteiger partial charge on any atom is -0.496 e. The quantitative estimate of drug-likeness (QED) is 0.356. The van der Waals surface area contributed by atoms with E-state index in [1.165, 1.54) is 12.8 Å². The Morgan fingerprint density at radius 3 is 1.97 bits per heavy atom. The van der Waals surface area contributed by atoms with Crippen molar-refractivity contribution in [2.75, 3.05) is 33.4 Å². The van der Waals surface area contributed by atoms with Crippen molar-refractivity contribution >= 4 is 27.3 Å². The molecule has 0 aliphatic carbocycles. The molecular weight excluding hydrogens is 398 g/mol. The van der Waals surface area contributed by atoms with Crippen molar-refractivity contribution in [3.8, 4) is 11.5 Å². The van der Waals surface area contributed by atoms with Crippen LogP contribution in [0.4, 0.5) is 0 Å². The van der Waals surface area contributed by atoms with Crippen molar-refractivity contribution in [2.45, 2.75) is 12.8 Å². The largest absolute Gasteiger partial charge is 0.496 e. The lowest BCUT2D eigenvalue weighted by Gasteiger charge is -2.18. The Morgan fingerprint density at radius 1 is 0.781 bits per heavy atom. The van der Waals surface area contributed by atoms with Gasteiger partial charge < -0.3 is 9.47 Å². The molecule has 4 heteroatoms. The summed E-state index contributed by atoms with van der Waals surface area (Å²) in [5.74, 6) is 1.12. The normalized spacial score (nSPS) is 14.2. The Labute approximate surface area is 188 Å². The highest BCUT2D eigenvalue weighted by atomic mass is 16.5. The number of ether oxygens (including phenoxy) is 2. The van der Waals surface area contributed by atoms with Gasteiger partial charge in [0.2, 0.25) is 5.78 Å². The summed E-state index contributed by atoms with van der Waals surface area (Å²) < 4.78 is 11.9. The van der Waals surface area contributed by atoms with Crippen molar-refractivity contribution in [3.05, 3.63) is 83.9 Å². The zero-order valence-electron chi connectivity index (χ0n) is 18.3. The molecular formula is C28H27NO3. The van der Waals surface area contributed by atoms with Crippen LogP contribution in [-0.2, 0) is 0 Å². The van der Waals surface area contributed by atoms with Crippen LogP contribution in [0.2, 0.25) is 0 Å². The lowest BCUT2D eigenvalue weighted by Crippen LogP contribution is -2.25. The van der Waals surface area contributed by atoms with Crippen LogP contribution in [0.5, 0.6) is 11.5 Å². The second kappa shape index (κ2) is 9.01. The van der Waals surface area contributed by atoms with Gasteiger partial charge in [0.05, 0.1) is 18.2 Å². The van der Waals surface area contributed by atoms with E-state index in [1.807, 2.05) is 72.8 Å². The standard InChI is InChI=1S/C28H27NO3/c1-31-24-14-12-20-8-2-4-10-22(20)26(24)28(30)27-23-11-5-3-9-21(23)13-15-25(27)32-19-18-29-16-6-7-17-29/h2-5,8-15H,6-7,16-19H2,1H3. The topological polar surface area (TPSA) is 38.8 Å². The number of benzene rings is 4. The third-order valence-corrected chi connectivity index (χ3v) is 6.32. The second-order valence-electron chi connectivity index (χ2n) is 8.25. The first kappa shape index (κ1) is 20.5. The van der Waals surface area contributed by atoms with Gasteiger partial charge in [-0.25, -0.2) is 0 Å². The predicted molar refractivity (Wildman–Crippen MR) is 129 cm³/mol. The molecule has 0 radical (unpaired) electrons. The van der Waals surface area contributed by atoms with Crippen molar-refractivity contribution in [1.82, 2.24) is 4.90 Å². The summed E-state index contributed by atoms with van der Waals surface area (Å²) in [6.07, 6.45) is 2.50. The molecule has 4 aromatic rings. The van der Waals surface area contributed by atoms with Gasteiger partial charge in [-0.05, 0) is 59.6 Å². The number of likely N-dealkylation sites (tertiary alicyclic amines) is 1. The molecule has 5 rings (SSSR count). The highest BCUT2D eigenvalue weighted by Crippen LogP contribution is 2.36. The fourth-order valence-corrected chi connectivity index (χ4v) is 4.68. The van der Waals surface area contributed by atoms with Gasteiger partial charge in [-0.3, -0.25) is 9.69 Å². The Balaban J connectivity index is 1.61. The molecule has 162 valence electrons. The summed E-state index contributed by atoms with van der Waals surface area (Å²) >= 11 is 0. The number of rotatable bonds is 7. The van der Waals surface area contributed by atoms with Crippen LogP contribution in [0, 0.1) is 0 Å². The van der Waals surface area contributed by atoms with Gasteiger partial charge in [-0.2, -0.15) is 0 Å². The van der Waals surface area contributed by atoms with E-state index in [2.05, 4.69) is 4.90 Å². The summed E-state index contributed by atoms with van der Waals surface area (Å²) in [4.78, 5) is 16.5. The lowest BCUT2D eigenvalue weighted by molar-refractivity contribution is 0.103. The third-order valence-electron chi connectivity index (χ3n) is 6.32. The number of carbonyl (C=O) groups is 1. The molecule has 0 N–H and O–H groups in total. The van der Waals surface area contributed by atoms with Crippen molar-refractivity contribution in [2.24, 2.45) is 0 Å². The number of fused-ring (bicyclic) bond motifs is 2. The molecule has 1 saturated heterocycles. The number of hydrogen-bond acceptors (Lipinski definition) is 4. The molecule has 0 bridgehead atoms. The highest BCUT2D eigenvalue weighted by Gasteiger charge is 2.24. The SMILES string of the molecule is COc1ccc2ccccc2c1C(=O)c1c(OCCN2CCCC2)ccc2ccccc12. The number of nitrogens with zero attached hydrogens (tertiary/aromatic N) is 1. The molecule has 0 spiro atoms. The van der Waals surface area contributed by atoms with Crippen LogP contribution in [0.3, 0.4) is 0 Å². The van der Waals surface area contributed by atoms with E-state index in [0.717, 1.165) is 41.2 Å². The monoisotopic (exact) mass is 425 g/mol. The summed E-state index contributed by atoms with van der Waals surface area (Å²) in [6.45, 7) is 3.68. The van der Waals surface area contributed by atoms with E-state index in [-0.39, 0.29) is 5.78 Å². The Morgan fingerprint density at radius 2 is 1.34 bits per heavy atom. The van der Waals surface area contributed by atoms with Crippen molar-refractivity contribution in [3.63, 3.8) is 0 Å². The van der Waals surface area contributed by atoms with Crippen LogP contribution >= 0.6 is 0 Å². The van der Waals surface area contributed by atoms with Gasteiger partial charge in [0, 0.05) is 6.54 Å². The average molecular weight is 426 g/mol. The average Bonchev–Trinajstić information content (AvgIpc) is 3.36. The lowest BCUT2D eigenvalue weighted by atomic mass is 9.92. The summed E-state index contributed by atoms with van der Waals surface area (Å²) in [5, 5.41) is 3.80. The van der Waals surface area contributed by atoms with Gasteiger partial charge in [0.15, 0.2) is 0 Å². The van der Waals surface area contributed by atoms with E-state index in [0.29, 0.717) is 29.2 Å². The second-order valence-corrected chi connectivity index (χ2v) is 8.25. The smallest absolute Gasteiger partial charge is 0.201 e. The molecule has 0 atom stereocenters. The maximum atomic E-state index is 14.1. The maximum Gasteiger partial charge on any atom is 0.201 e. The van der Waals surface area contributed by atoms with E-state index in [4.69, 9.17) is 9.47 Å². The Hall–Kier alpha value is -3.37. The predicted octanol–water partition coefficient (Wildman–Crippen LogP) is 5.71. The van der Waals surface area contributed by atoms with Crippen LogP contribution < -0.4 is 9.47 Å². The van der Waals surface area contributed by atoms with Gasteiger partial charge in [-0.15, -0.1) is 0 Å². The molecule has 4 aromatic carbocycles. The Bertz CT molecular complexity index is 1270. The van der Waals surface area contributed by atoms with Gasteiger partial charge in [0.1, 0.15) is 18.1 Å². The van der Waals surface area contributed by atoms with E-state index >= 15 is 0 Å². The molecule has 1 aliphatic heterocycles. The summed E-state index contributed by atoms with van der Waals surface area (Å²) in [7, 11) is 1.61. The van der Waals surface area contributed by atoms with Crippen LogP contribution in [-0.4, -0.2) is 44.0 Å². The molecule has 1 aliphatic rings. The fraction of sp³-hybridized carbons (Fsp3) is 0.250. The molecule has 0 aromatic heterocycles. The van der Waals surface area contributed by atoms with Crippen molar-refractivity contribution in [1.29, 1.82) is 0 Å². The minimum absolute atomic E-state index is 0.0772. The van der Waals surface area contributed by atoms with E-state index in [1.54, 1.807) is 7.11 Å². The highest BCUT2D eigenvalue weighted by molar-refractivity contribution is 6.24. The molecule has 1 heterocycles. The molecule has 0 amide bonds. The van der Waals surface area contributed by atoms with Crippen LogP contribution in [0.1, 0.15) is 28.8 Å². The summed E-state index contributed by atoms with van der Waals surface area (Å²) in [5.41, 5.74) is 1.17. The third kappa shape index (κ3) is 3.82. The van der Waals surface area contributed by atoms with Crippen molar-refractivity contribution < 1.29 is 14.3 Å². The molecule has 1 fully saturated rings. The first-order chi connectivity index (χ1) is 15.8. The zero-order chi connectivity index (χ0) is 21.9. The van der Waals surface area contributed by atoms with Gasteiger partial charge in [-0.1, -0.05) is 60.7 Å². The molecule has 0 saturated carbocycles.